The Bertz CT molecular complexity index is 548. The van der Waals surface area contributed by atoms with E-state index >= 15 is 0 Å². The van der Waals surface area contributed by atoms with Gasteiger partial charge in [0.1, 0.15) is 4.90 Å². The summed E-state index contributed by atoms with van der Waals surface area (Å²) >= 11 is 0. The Balaban J connectivity index is 3.46. The van der Waals surface area contributed by atoms with Gasteiger partial charge in [-0.1, -0.05) is 0 Å². The lowest BCUT2D eigenvalue weighted by atomic mass is 10.3. The normalized spacial score (nSPS) is 12.5. The Kier molecular flexibility index (Phi) is 3.41. The third-order valence-electron chi connectivity index (χ3n) is 1.85. The van der Waals surface area contributed by atoms with Crippen molar-refractivity contribution in [1.29, 1.82) is 0 Å². The van der Waals surface area contributed by atoms with E-state index in [1.807, 2.05) is 0 Å². The lowest BCUT2D eigenvalue weighted by Gasteiger charge is -2.10. The van der Waals surface area contributed by atoms with Crippen molar-refractivity contribution in [2.24, 2.45) is 0 Å². The monoisotopic (exact) mass is 267 g/mol. The van der Waals surface area contributed by atoms with Gasteiger partial charge in [0.2, 0.25) is 0 Å². The molecular weight excluding hydrogens is 257 g/mol. The molecule has 0 aliphatic carbocycles. The lowest BCUT2D eigenvalue weighted by molar-refractivity contribution is 0.387. The van der Waals surface area contributed by atoms with E-state index in [-0.39, 0.29) is 11.0 Å². The van der Waals surface area contributed by atoms with E-state index in [2.05, 4.69) is 5.32 Å². The molecule has 0 aromatic heterocycles. The van der Waals surface area contributed by atoms with Gasteiger partial charge in [-0.2, -0.15) is 8.42 Å². The summed E-state index contributed by atoms with van der Waals surface area (Å²) in [6, 6.07) is 2.85. The van der Waals surface area contributed by atoms with Crippen LogP contribution in [0.25, 0.3) is 0 Å². The molecule has 90 valence electrons. The molecule has 1 aromatic rings. The summed E-state index contributed by atoms with van der Waals surface area (Å²) in [6.07, 6.45) is 0. The third kappa shape index (κ3) is 2.81. The molecule has 0 unspecified atom stereocenters. The Labute approximate surface area is 92.0 Å². The van der Waals surface area contributed by atoms with Gasteiger partial charge in [-0.25, -0.2) is 0 Å². The zero-order chi connectivity index (χ0) is 12.6. The largest absolute Gasteiger partial charge is 0.387 e. The van der Waals surface area contributed by atoms with Crippen molar-refractivity contribution in [1.82, 2.24) is 0 Å². The highest BCUT2D eigenvalue weighted by atomic mass is 32.2. The fourth-order valence-electron chi connectivity index (χ4n) is 1.12. The fourth-order valence-corrected chi connectivity index (χ4v) is 2.36. The van der Waals surface area contributed by atoms with Crippen LogP contribution in [-0.4, -0.2) is 29.8 Å². The van der Waals surface area contributed by atoms with Crippen LogP contribution < -0.4 is 10.6 Å². The quantitative estimate of drug-likeness (QED) is 0.440. The van der Waals surface area contributed by atoms with Crippen LogP contribution in [0.1, 0.15) is 0 Å². The van der Waals surface area contributed by atoms with Gasteiger partial charge in [0.25, 0.3) is 10.1 Å². The second-order valence-corrected chi connectivity index (χ2v) is 5.94. The van der Waals surface area contributed by atoms with Crippen LogP contribution in [0.15, 0.2) is 23.1 Å². The van der Waals surface area contributed by atoms with Gasteiger partial charge in [0, 0.05) is 7.05 Å². The van der Waals surface area contributed by atoms with Crippen molar-refractivity contribution in [3.8, 4) is 0 Å². The molecule has 1 rings (SSSR count). The molecule has 0 heterocycles. The minimum atomic E-state index is -4.45. The molecule has 0 radical (unpaired) electrons. The predicted octanol–water partition coefficient (Wildman–Crippen LogP) is -0.222. The van der Waals surface area contributed by atoms with Crippen molar-refractivity contribution in [2.45, 2.75) is 4.90 Å². The zero-order valence-electron chi connectivity index (χ0n) is 8.15. The van der Waals surface area contributed by atoms with Crippen LogP contribution in [0, 0.1) is 0 Å². The topological polar surface area (TPSA) is 124 Å². The first-order valence-corrected chi connectivity index (χ1v) is 7.07. The summed E-state index contributed by atoms with van der Waals surface area (Å²) in [7, 11) is -7.50. The third-order valence-corrected chi connectivity index (χ3v) is 3.71. The van der Waals surface area contributed by atoms with E-state index in [4.69, 9.17) is 14.3 Å². The highest BCUT2D eigenvalue weighted by molar-refractivity contribution is 7.86. The molecular formula is C7H10NO6PS. The SMILES string of the molecule is CNc1cc(P(=O)(O)O)ccc1S(=O)(=O)O. The maximum Gasteiger partial charge on any atom is 0.356 e. The van der Waals surface area contributed by atoms with Gasteiger partial charge < -0.3 is 15.1 Å². The molecule has 7 nitrogen and oxygen atoms in total. The molecule has 0 amide bonds. The van der Waals surface area contributed by atoms with Crippen LogP contribution in [-0.2, 0) is 14.7 Å². The van der Waals surface area contributed by atoms with Gasteiger partial charge in [0.05, 0.1) is 11.0 Å². The number of benzene rings is 1. The maximum atomic E-state index is 10.9. The fraction of sp³-hybridized carbons (Fsp3) is 0.143. The van der Waals surface area contributed by atoms with Gasteiger partial charge >= 0.3 is 7.60 Å². The molecule has 0 aliphatic heterocycles. The average molecular weight is 267 g/mol. The maximum absolute atomic E-state index is 10.9. The van der Waals surface area contributed by atoms with Crippen LogP contribution in [0.3, 0.4) is 0 Å². The van der Waals surface area contributed by atoms with Crippen LogP contribution >= 0.6 is 7.60 Å². The minimum absolute atomic E-state index is 0.0803. The number of rotatable bonds is 3. The molecule has 0 aliphatic rings. The molecule has 0 spiro atoms. The second-order valence-electron chi connectivity index (χ2n) is 2.95. The van der Waals surface area contributed by atoms with E-state index in [0.29, 0.717) is 0 Å². The summed E-state index contributed by atoms with van der Waals surface area (Å²) in [6.45, 7) is 0. The molecule has 4 N–H and O–H groups in total. The van der Waals surface area contributed by atoms with Gasteiger partial charge in [-0.15, -0.1) is 0 Å². The highest BCUT2D eigenvalue weighted by Crippen LogP contribution is 2.35. The predicted molar refractivity (Wildman–Crippen MR) is 57.5 cm³/mol. The summed E-state index contributed by atoms with van der Waals surface area (Å²) in [4.78, 5) is 17.3. The molecule has 0 saturated heterocycles. The molecule has 9 heteroatoms. The van der Waals surface area contributed by atoms with Crippen LogP contribution in [0.5, 0.6) is 0 Å². The number of nitrogens with one attached hydrogen (secondary N) is 1. The van der Waals surface area contributed by atoms with E-state index in [9.17, 15) is 13.0 Å². The van der Waals surface area contributed by atoms with Crippen LogP contribution in [0.4, 0.5) is 5.69 Å². The first kappa shape index (κ1) is 13.1. The Morgan fingerprint density at radius 1 is 1.31 bits per heavy atom. The first-order chi connectivity index (χ1) is 7.16. The van der Waals surface area contributed by atoms with Gasteiger partial charge in [0.15, 0.2) is 0 Å². The van der Waals surface area contributed by atoms with E-state index < -0.39 is 22.6 Å². The second kappa shape index (κ2) is 4.15. The number of hydrogen-bond donors (Lipinski definition) is 4. The molecule has 0 bridgehead atoms. The molecule has 16 heavy (non-hydrogen) atoms. The van der Waals surface area contributed by atoms with Gasteiger partial charge in [-0.05, 0) is 18.2 Å². The average Bonchev–Trinajstić information content (AvgIpc) is 2.14. The first-order valence-electron chi connectivity index (χ1n) is 4.01. The lowest BCUT2D eigenvalue weighted by Crippen LogP contribution is -2.10. The Morgan fingerprint density at radius 3 is 2.25 bits per heavy atom. The summed E-state index contributed by atoms with van der Waals surface area (Å²) in [5.74, 6) is 0. The van der Waals surface area contributed by atoms with E-state index in [1.54, 1.807) is 0 Å². The van der Waals surface area contributed by atoms with Crippen molar-refractivity contribution in [3.05, 3.63) is 18.2 Å². The molecule has 0 atom stereocenters. The van der Waals surface area contributed by atoms with Crippen molar-refractivity contribution >= 4 is 28.7 Å². The minimum Gasteiger partial charge on any atom is -0.387 e. The molecule has 0 saturated carbocycles. The molecule has 1 aromatic carbocycles. The standard InChI is InChI=1S/C7H10NO6PS/c1-8-6-4-5(15(9,10)11)2-3-7(6)16(12,13)14/h2-4,8H,1H3,(H2,9,10,11)(H,12,13,14). The van der Waals surface area contributed by atoms with E-state index in [0.717, 1.165) is 18.2 Å². The van der Waals surface area contributed by atoms with Crippen molar-refractivity contribution in [2.75, 3.05) is 12.4 Å². The summed E-state index contributed by atoms with van der Waals surface area (Å²) in [5, 5.41) is 2.10. The highest BCUT2D eigenvalue weighted by Gasteiger charge is 2.21. The van der Waals surface area contributed by atoms with Crippen molar-refractivity contribution in [3.63, 3.8) is 0 Å². The van der Waals surface area contributed by atoms with Crippen LogP contribution in [0.2, 0.25) is 0 Å². The van der Waals surface area contributed by atoms with Crippen molar-refractivity contribution < 1.29 is 27.3 Å². The number of hydrogen-bond acceptors (Lipinski definition) is 4. The zero-order valence-corrected chi connectivity index (χ0v) is 9.86. The summed E-state index contributed by atoms with van der Waals surface area (Å²) in [5.41, 5.74) is -0.0803. The molecule has 0 fully saturated rings. The number of anilines is 1. The smallest absolute Gasteiger partial charge is 0.356 e. The Morgan fingerprint density at radius 2 is 1.88 bits per heavy atom. The van der Waals surface area contributed by atoms with Gasteiger partial charge in [-0.3, -0.25) is 9.12 Å². The summed E-state index contributed by atoms with van der Waals surface area (Å²) < 4.78 is 41.5. The van der Waals surface area contributed by atoms with E-state index in [1.165, 1.54) is 7.05 Å². The Hall–Kier alpha value is -0.920.